The number of rotatable bonds is 6. The number of carbonyl (C=O) groups excluding carboxylic acids is 4. The molecule has 1 aromatic rings. The largest absolute Gasteiger partial charge is 0.444 e. The number of aromatic nitrogens is 1. The van der Waals surface area contributed by atoms with E-state index in [9.17, 15) is 19.2 Å². The normalized spacial score (nSPS) is 19.5. The van der Waals surface area contributed by atoms with Crippen LogP contribution in [0.4, 0.5) is 10.6 Å². The summed E-state index contributed by atoms with van der Waals surface area (Å²) in [6.45, 7) is 4.99. The van der Waals surface area contributed by atoms with Crippen LogP contribution in [0, 0.1) is 5.92 Å². The minimum atomic E-state index is -0.942. The third-order valence-electron chi connectivity index (χ3n) is 5.11. The molecule has 1 aromatic heterocycles. The zero-order chi connectivity index (χ0) is 26.2. The van der Waals surface area contributed by atoms with Crippen molar-refractivity contribution < 1.29 is 23.9 Å². The molecule has 0 aromatic carbocycles. The monoisotopic (exact) mass is 508 g/mol. The van der Waals surface area contributed by atoms with E-state index in [1.807, 2.05) is 0 Å². The van der Waals surface area contributed by atoms with Crippen molar-refractivity contribution in [2.24, 2.45) is 11.0 Å². The first-order valence-corrected chi connectivity index (χ1v) is 11.3. The number of alkyl carbamates (subject to hydrolysis) is 1. The SMILES string of the molecule is CN(CN=[N+]=[N-])C(=O)[C@H]1CC[C@H](NC(=O)C(=O)Nc2ccc(Cl)cn2)[C@H](NC(=O)OC(C)(C)C)C1. The standard InChI is InChI=1S/C21H29ClN8O5/c1-21(2,3)35-20(34)27-15-9-12(19(33)30(4)11-25-29-23)5-7-14(15)26-17(31)18(32)28-16-8-6-13(22)10-24-16/h6,8,10,12,14-15H,5,7,9,11H2,1-4H3,(H,26,31)(H,27,34)(H,24,28,32)/t12-,14-,15+/m0/s1. The fourth-order valence-corrected chi connectivity index (χ4v) is 3.66. The minimum Gasteiger partial charge on any atom is -0.444 e. The Morgan fingerprint density at radius 3 is 2.51 bits per heavy atom. The average Bonchev–Trinajstić information content (AvgIpc) is 2.78. The summed E-state index contributed by atoms with van der Waals surface area (Å²) >= 11 is 5.77. The van der Waals surface area contributed by atoms with Crippen LogP contribution in [0.15, 0.2) is 23.4 Å². The summed E-state index contributed by atoms with van der Waals surface area (Å²) in [5.74, 6) is -2.47. The van der Waals surface area contributed by atoms with Crippen LogP contribution in [0.1, 0.15) is 40.0 Å². The Bertz CT molecular complexity index is 990. The number of nitrogens with one attached hydrogen (secondary N) is 3. The second-order valence-electron chi connectivity index (χ2n) is 9.07. The van der Waals surface area contributed by atoms with Crippen molar-refractivity contribution in [1.82, 2.24) is 20.5 Å². The molecule has 1 fully saturated rings. The van der Waals surface area contributed by atoms with Gasteiger partial charge in [-0.1, -0.05) is 16.7 Å². The fraction of sp³-hybridized carbons (Fsp3) is 0.571. The molecule has 3 N–H and O–H groups in total. The Labute approximate surface area is 207 Å². The van der Waals surface area contributed by atoms with Gasteiger partial charge in [-0.25, -0.2) is 9.78 Å². The zero-order valence-corrected chi connectivity index (χ0v) is 20.7. The molecule has 0 bridgehead atoms. The zero-order valence-electron chi connectivity index (χ0n) is 19.9. The predicted molar refractivity (Wildman–Crippen MR) is 127 cm³/mol. The molecule has 0 radical (unpaired) electrons. The van der Waals surface area contributed by atoms with Gasteiger partial charge in [-0.05, 0) is 57.7 Å². The van der Waals surface area contributed by atoms with Crippen molar-refractivity contribution in [3.8, 4) is 0 Å². The van der Waals surface area contributed by atoms with Crippen LogP contribution < -0.4 is 16.0 Å². The van der Waals surface area contributed by atoms with Gasteiger partial charge in [-0.2, -0.15) is 0 Å². The van der Waals surface area contributed by atoms with Crippen LogP contribution in [0.25, 0.3) is 10.4 Å². The molecular weight excluding hydrogens is 480 g/mol. The Balaban J connectivity index is 2.10. The summed E-state index contributed by atoms with van der Waals surface area (Å²) in [5.41, 5.74) is 7.73. The maximum atomic E-state index is 12.8. The molecule has 13 nitrogen and oxygen atoms in total. The molecule has 1 aliphatic rings. The van der Waals surface area contributed by atoms with Crippen LogP contribution in [0.5, 0.6) is 0 Å². The topological polar surface area (TPSA) is 178 Å². The van der Waals surface area contributed by atoms with Gasteiger partial charge in [0.25, 0.3) is 0 Å². The van der Waals surface area contributed by atoms with Gasteiger partial charge >= 0.3 is 17.9 Å². The highest BCUT2D eigenvalue weighted by molar-refractivity contribution is 6.39. The molecule has 2 rings (SSSR count). The van der Waals surface area contributed by atoms with Crippen LogP contribution >= 0.6 is 11.6 Å². The number of ether oxygens (including phenoxy) is 1. The summed E-state index contributed by atoms with van der Waals surface area (Å²) in [5, 5.41) is 11.5. The summed E-state index contributed by atoms with van der Waals surface area (Å²) in [4.78, 5) is 57.9. The van der Waals surface area contributed by atoms with Crippen molar-refractivity contribution >= 4 is 41.2 Å². The molecule has 0 saturated heterocycles. The number of hydrogen-bond donors (Lipinski definition) is 3. The van der Waals surface area contributed by atoms with E-state index in [1.165, 1.54) is 30.3 Å². The molecule has 0 spiro atoms. The second kappa shape index (κ2) is 12.2. The first kappa shape index (κ1) is 27.7. The maximum Gasteiger partial charge on any atom is 0.407 e. The highest BCUT2D eigenvalue weighted by Gasteiger charge is 2.38. The molecule has 0 unspecified atom stereocenters. The maximum absolute atomic E-state index is 12.8. The Kier molecular flexibility index (Phi) is 9.67. The third-order valence-corrected chi connectivity index (χ3v) is 5.33. The second-order valence-corrected chi connectivity index (χ2v) is 9.50. The number of pyridine rings is 1. The van der Waals surface area contributed by atoms with Crippen LogP contribution in [-0.4, -0.2) is 65.1 Å². The Morgan fingerprint density at radius 1 is 1.20 bits per heavy atom. The van der Waals surface area contributed by atoms with Gasteiger partial charge in [0, 0.05) is 30.1 Å². The summed E-state index contributed by atoms with van der Waals surface area (Å²) in [6.07, 6.45) is 1.49. The predicted octanol–water partition coefficient (Wildman–Crippen LogP) is 2.58. The van der Waals surface area contributed by atoms with Gasteiger partial charge in [-0.15, -0.1) is 0 Å². The number of azide groups is 1. The first-order chi connectivity index (χ1) is 16.4. The molecule has 3 atom stereocenters. The van der Waals surface area contributed by atoms with Crippen LogP contribution in [0.2, 0.25) is 5.02 Å². The average molecular weight is 509 g/mol. The number of amides is 4. The quantitative estimate of drug-likeness (QED) is 0.230. The van der Waals surface area contributed by atoms with Crippen molar-refractivity contribution in [3.63, 3.8) is 0 Å². The van der Waals surface area contributed by atoms with Gasteiger partial charge in [0.15, 0.2) is 0 Å². The third kappa shape index (κ3) is 8.95. The van der Waals surface area contributed by atoms with Crippen molar-refractivity contribution in [3.05, 3.63) is 33.8 Å². The number of anilines is 1. The van der Waals surface area contributed by atoms with Gasteiger partial charge < -0.3 is 25.6 Å². The molecular formula is C21H29ClN8O5. The van der Waals surface area contributed by atoms with E-state index in [-0.39, 0.29) is 24.8 Å². The van der Waals surface area contributed by atoms with Crippen LogP contribution in [0.3, 0.4) is 0 Å². The molecule has 14 heteroatoms. The molecule has 35 heavy (non-hydrogen) atoms. The van der Waals surface area contributed by atoms with E-state index in [4.69, 9.17) is 21.9 Å². The van der Waals surface area contributed by atoms with Gasteiger partial charge in [0.05, 0.1) is 17.7 Å². The molecule has 1 saturated carbocycles. The summed E-state index contributed by atoms with van der Waals surface area (Å²) < 4.78 is 5.31. The van der Waals surface area contributed by atoms with E-state index in [0.717, 1.165) is 0 Å². The fourth-order valence-electron chi connectivity index (χ4n) is 3.55. The highest BCUT2D eigenvalue weighted by atomic mass is 35.5. The van der Waals surface area contributed by atoms with E-state index in [0.29, 0.717) is 17.9 Å². The summed E-state index contributed by atoms with van der Waals surface area (Å²) in [7, 11) is 1.51. The lowest BCUT2D eigenvalue weighted by molar-refractivity contribution is -0.138. The van der Waals surface area contributed by atoms with Gasteiger partial charge in [-0.3, -0.25) is 14.4 Å². The minimum absolute atomic E-state index is 0.130. The van der Waals surface area contributed by atoms with E-state index in [1.54, 1.807) is 20.8 Å². The molecule has 1 aliphatic carbocycles. The number of nitrogens with zero attached hydrogens (tertiary/aromatic N) is 5. The first-order valence-electron chi connectivity index (χ1n) is 10.9. The van der Waals surface area contributed by atoms with E-state index < -0.39 is 41.5 Å². The number of halogens is 1. The van der Waals surface area contributed by atoms with Gasteiger partial charge in [0.2, 0.25) is 5.91 Å². The number of carbonyl (C=O) groups is 4. The van der Waals surface area contributed by atoms with Crippen molar-refractivity contribution in [1.29, 1.82) is 0 Å². The Morgan fingerprint density at radius 2 is 1.91 bits per heavy atom. The summed E-state index contributed by atoms with van der Waals surface area (Å²) in [6, 6.07) is 1.64. The highest BCUT2D eigenvalue weighted by Crippen LogP contribution is 2.27. The van der Waals surface area contributed by atoms with Gasteiger partial charge in [0.1, 0.15) is 11.4 Å². The lowest BCUT2D eigenvalue weighted by Crippen LogP contribution is -2.57. The smallest absolute Gasteiger partial charge is 0.407 e. The van der Waals surface area contributed by atoms with E-state index in [2.05, 4.69) is 31.0 Å². The van der Waals surface area contributed by atoms with Crippen molar-refractivity contribution in [2.45, 2.75) is 57.7 Å². The van der Waals surface area contributed by atoms with E-state index >= 15 is 0 Å². The Hall–Kier alpha value is -3.57. The van der Waals surface area contributed by atoms with Crippen LogP contribution in [-0.2, 0) is 19.1 Å². The molecule has 4 amide bonds. The van der Waals surface area contributed by atoms with Crippen molar-refractivity contribution in [2.75, 3.05) is 19.0 Å². The number of hydrogen-bond acceptors (Lipinski definition) is 7. The molecule has 190 valence electrons. The molecule has 1 heterocycles. The lowest BCUT2D eigenvalue weighted by atomic mass is 9.81. The lowest BCUT2D eigenvalue weighted by Gasteiger charge is -2.37. The molecule has 0 aliphatic heterocycles.